The van der Waals surface area contributed by atoms with Gasteiger partial charge in [0.25, 0.3) is 0 Å². The Bertz CT molecular complexity index is 2010. The molecule has 10 heteroatoms. The molecular formula is C45H43ClO9. The topological polar surface area (TPSA) is 114 Å². The van der Waals surface area contributed by atoms with E-state index in [4.69, 9.17) is 35.3 Å². The van der Waals surface area contributed by atoms with Gasteiger partial charge in [0.15, 0.2) is 0 Å². The summed E-state index contributed by atoms with van der Waals surface area (Å²) in [6.45, 7) is 2.87. The summed E-state index contributed by atoms with van der Waals surface area (Å²) in [4.78, 5) is 50.9. The molecule has 0 N–H and O–H groups in total. The summed E-state index contributed by atoms with van der Waals surface area (Å²) < 4.78 is 27.6. The first-order chi connectivity index (χ1) is 26.8. The number of carbonyl (C=O) groups excluding carboxylic acids is 4. The first kappa shape index (κ1) is 40.3. The van der Waals surface area contributed by atoms with E-state index in [0.717, 1.165) is 12.8 Å². The summed E-state index contributed by atoms with van der Waals surface area (Å²) >= 11 is 5.87. The second-order valence-corrected chi connectivity index (χ2v) is 13.2. The summed E-state index contributed by atoms with van der Waals surface area (Å²) in [6.07, 6.45) is 11.2. The highest BCUT2D eigenvalue weighted by Crippen LogP contribution is 2.22. The number of carbonyl (C=O) groups is 4. The Balaban J connectivity index is 1.04. The minimum absolute atomic E-state index is 0.121. The van der Waals surface area contributed by atoms with Crippen LogP contribution in [-0.4, -0.2) is 30.5 Å². The molecule has 0 aliphatic carbocycles. The van der Waals surface area contributed by atoms with Crippen molar-refractivity contribution in [2.45, 2.75) is 64.7 Å². The van der Waals surface area contributed by atoms with Gasteiger partial charge < -0.3 is 23.7 Å². The van der Waals surface area contributed by atoms with Gasteiger partial charge in [-0.3, -0.25) is 0 Å². The van der Waals surface area contributed by atoms with Crippen molar-refractivity contribution in [1.29, 1.82) is 0 Å². The highest BCUT2D eigenvalue weighted by molar-refractivity contribution is 6.30. The van der Waals surface area contributed by atoms with Gasteiger partial charge in [0.05, 0.1) is 28.9 Å². The van der Waals surface area contributed by atoms with Gasteiger partial charge in [-0.05, 0) is 122 Å². The van der Waals surface area contributed by atoms with Gasteiger partial charge in [0.1, 0.15) is 28.7 Å². The number of hydrogen-bond donors (Lipinski definition) is 0. The predicted molar refractivity (Wildman–Crippen MR) is 210 cm³/mol. The van der Waals surface area contributed by atoms with Crippen LogP contribution in [0.2, 0.25) is 5.02 Å². The lowest BCUT2D eigenvalue weighted by atomic mass is 10.1. The molecule has 0 aromatic heterocycles. The Labute approximate surface area is 326 Å². The zero-order valence-electron chi connectivity index (χ0n) is 30.7. The normalized spacial score (nSPS) is 10.7. The summed E-state index contributed by atoms with van der Waals surface area (Å²) in [7, 11) is 0. The van der Waals surface area contributed by atoms with E-state index in [1.807, 2.05) is 0 Å². The Morgan fingerprint density at radius 2 is 0.800 bits per heavy atom. The number of halogens is 1. The fourth-order valence-corrected chi connectivity index (χ4v) is 5.59. The zero-order valence-corrected chi connectivity index (χ0v) is 31.4. The van der Waals surface area contributed by atoms with Gasteiger partial charge in [-0.1, -0.05) is 76.0 Å². The number of esters is 4. The van der Waals surface area contributed by atoms with Gasteiger partial charge in [0, 0.05) is 5.02 Å². The van der Waals surface area contributed by atoms with E-state index in [9.17, 15) is 19.2 Å². The third kappa shape index (κ3) is 13.2. The molecule has 0 saturated heterocycles. The molecule has 0 atom stereocenters. The van der Waals surface area contributed by atoms with Crippen LogP contribution < -0.4 is 23.7 Å². The fraction of sp³-hybridized carbons (Fsp3) is 0.244. The summed E-state index contributed by atoms with van der Waals surface area (Å²) in [5, 5.41) is 0.518. The molecule has 0 radical (unpaired) electrons. The van der Waals surface area contributed by atoms with Crippen LogP contribution in [0.25, 0.3) is 0 Å². The second-order valence-electron chi connectivity index (χ2n) is 12.8. The van der Waals surface area contributed by atoms with Crippen LogP contribution >= 0.6 is 11.6 Å². The molecule has 0 aliphatic rings. The molecule has 0 unspecified atom stereocenters. The number of ether oxygens (including phenoxy) is 5. The van der Waals surface area contributed by atoms with Crippen molar-refractivity contribution in [2.24, 2.45) is 0 Å². The standard InChI is InChI=1S/C45H43ClO9/c1-2-3-4-5-6-7-8-9-10-30-51-37-22-14-32(15-23-37)42(47)52-38-24-18-34(19-25-38)44(49)55-41-13-11-12-35(31-41)45(50)54-39-26-16-33(17-27-39)43(48)53-40-28-20-36(46)21-29-40/h11-29,31H,2-10,30H2,1H3. The lowest BCUT2D eigenvalue weighted by molar-refractivity contribution is 0.0712. The number of hydrogen-bond acceptors (Lipinski definition) is 9. The van der Waals surface area contributed by atoms with Crippen molar-refractivity contribution in [3.8, 4) is 28.7 Å². The van der Waals surface area contributed by atoms with Crippen LogP contribution in [-0.2, 0) is 0 Å². The van der Waals surface area contributed by atoms with Crippen LogP contribution in [0.3, 0.4) is 0 Å². The first-order valence-corrected chi connectivity index (χ1v) is 18.8. The molecular weight excluding hydrogens is 720 g/mol. The van der Waals surface area contributed by atoms with E-state index in [1.54, 1.807) is 54.6 Å². The van der Waals surface area contributed by atoms with Crippen molar-refractivity contribution >= 4 is 35.5 Å². The number of benzene rings is 5. The average molecular weight is 763 g/mol. The van der Waals surface area contributed by atoms with E-state index in [2.05, 4.69) is 6.92 Å². The Kier molecular flexibility index (Phi) is 15.4. The van der Waals surface area contributed by atoms with Crippen LogP contribution in [0, 0.1) is 0 Å². The number of unbranched alkanes of at least 4 members (excludes halogenated alkanes) is 8. The lowest BCUT2D eigenvalue weighted by Gasteiger charge is -2.09. The summed E-state index contributed by atoms with van der Waals surface area (Å²) in [5.41, 5.74) is 0.960. The molecule has 0 spiro atoms. The van der Waals surface area contributed by atoms with Crippen LogP contribution in [0.5, 0.6) is 28.7 Å². The molecule has 0 fully saturated rings. The van der Waals surface area contributed by atoms with Gasteiger partial charge in [0.2, 0.25) is 0 Å². The lowest BCUT2D eigenvalue weighted by Crippen LogP contribution is -2.12. The average Bonchev–Trinajstić information content (AvgIpc) is 3.20. The highest BCUT2D eigenvalue weighted by atomic mass is 35.5. The highest BCUT2D eigenvalue weighted by Gasteiger charge is 2.16. The van der Waals surface area contributed by atoms with Crippen LogP contribution in [0.4, 0.5) is 0 Å². The van der Waals surface area contributed by atoms with E-state index >= 15 is 0 Å². The molecule has 9 nitrogen and oxygen atoms in total. The minimum Gasteiger partial charge on any atom is -0.494 e. The summed E-state index contributed by atoms with van der Waals surface area (Å²) in [5.74, 6) is -0.900. The van der Waals surface area contributed by atoms with Crippen LogP contribution in [0.15, 0.2) is 121 Å². The molecule has 5 aromatic rings. The maximum Gasteiger partial charge on any atom is 0.343 e. The van der Waals surface area contributed by atoms with Gasteiger partial charge in [-0.25, -0.2) is 19.2 Å². The molecule has 5 rings (SSSR count). The van der Waals surface area contributed by atoms with Crippen LogP contribution in [0.1, 0.15) is 106 Å². The van der Waals surface area contributed by atoms with E-state index in [0.29, 0.717) is 28.7 Å². The maximum absolute atomic E-state index is 12.9. The van der Waals surface area contributed by atoms with E-state index in [1.165, 1.54) is 112 Å². The quantitative estimate of drug-likeness (QED) is 0.0460. The van der Waals surface area contributed by atoms with Gasteiger partial charge in [-0.2, -0.15) is 0 Å². The molecule has 284 valence electrons. The van der Waals surface area contributed by atoms with E-state index in [-0.39, 0.29) is 33.9 Å². The molecule has 0 saturated carbocycles. The largest absolute Gasteiger partial charge is 0.494 e. The number of rotatable bonds is 19. The molecule has 0 amide bonds. The maximum atomic E-state index is 12.9. The third-order valence-corrected chi connectivity index (χ3v) is 8.76. The molecule has 0 heterocycles. The first-order valence-electron chi connectivity index (χ1n) is 18.4. The molecule has 5 aromatic carbocycles. The smallest absolute Gasteiger partial charge is 0.343 e. The Morgan fingerprint density at radius 1 is 0.418 bits per heavy atom. The minimum atomic E-state index is -0.697. The van der Waals surface area contributed by atoms with Gasteiger partial charge >= 0.3 is 23.9 Å². The van der Waals surface area contributed by atoms with Crippen molar-refractivity contribution < 1.29 is 42.9 Å². The fourth-order valence-electron chi connectivity index (χ4n) is 5.46. The van der Waals surface area contributed by atoms with E-state index < -0.39 is 23.9 Å². The SMILES string of the molecule is CCCCCCCCCCCOc1ccc(C(=O)Oc2ccc(C(=O)Oc3cccc(C(=O)Oc4ccc(C(=O)Oc5ccc(Cl)cc5)cc4)c3)cc2)cc1. The van der Waals surface area contributed by atoms with Crippen molar-refractivity contribution in [2.75, 3.05) is 6.61 Å². The molecule has 55 heavy (non-hydrogen) atoms. The van der Waals surface area contributed by atoms with Gasteiger partial charge in [-0.15, -0.1) is 0 Å². The van der Waals surface area contributed by atoms with Crippen molar-refractivity contribution in [3.63, 3.8) is 0 Å². The van der Waals surface area contributed by atoms with Crippen molar-refractivity contribution in [3.05, 3.63) is 149 Å². The third-order valence-electron chi connectivity index (χ3n) is 8.51. The monoisotopic (exact) mass is 762 g/mol. The second kappa shape index (κ2) is 21.1. The Morgan fingerprint density at radius 3 is 1.27 bits per heavy atom. The molecule has 0 aliphatic heterocycles. The predicted octanol–water partition coefficient (Wildman–Crippen LogP) is 11.1. The zero-order chi connectivity index (χ0) is 38.8. The Hall–Kier alpha value is -5.93. The molecule has 0 bridgehead atoms. The summed E-state index contributed by atoms with van der Waals surface area (Å²) in [6, 6.07) is 31.0. The van der Waals surface area contributed by atoms with Crippen molar-refractivity contribution in [1.82, 2.24) is 0 Å².